The number of carboxylic acids is 1. The van der Waals surface area contributed by atoms with E-state index in [1.54, 1.807) is 20.8 Å². The number of carboxylic acid groups (broad SMARTS) is 1. The van der Waals surface area contributed by atoms with Crippen molar-refractivity contribution < 1.29 is 32.6 Å². The van der Waals surface area contributed by atoms with Gasteiger partial charge in [0, 0.05) is 0 Å². The summed E-state index contributed by atoms with van der Waals surface area (Å²) in [5, 5.41) is 9.48. The number of ether oxygens (including phenoxy) is 1. The number of rotatable bonds is 5. The molecule has 1 rings (SSSR count). The van der Waals surface area contributed by atoms with Crippen LogP contribution in [0.5, 0.6) is 0 Å². The SMILES string of the molecule is C=CC(=C)[C@H](C(=O)OC(C)(C)C)C1(C(=O)O)CC(C(F)(F)F)C1. The number of carbonyl (C=O) groups is 2. The summed E-state index contributed by atoms with van der Waals surface area (Å²) in [5.74, 6) is -5.50. The summed E-state index contributed by atoms with van der Waals surface area (Å²) >= 11 is 0. The van der Waals surface area contributed by atoms with Crippen LogP contribution in [0.15, 0.2) is 24.8 Å². The van der Waals surface area contributed by atoms with Gasteiger partial charge in [0.25, 0.3) is 0 Å². The molecule has 0 spiro atoms. The first-order chi connectivity index (χ1) is 10.2. The van der Waals surface area contributed by atoms with Crippen LogP contribution in [-0.2, 0) is 14.3 Å². The van der Waals surface area contributed by atoms with E-state index in [1.807, 2.05) is 0 Å². The molecule has 0 saturated heterocycles. The van der Waals surface area contributed by atoms with Crippen LogP contribution in [0.25, 0.3) is 0 Å². The lowest BCUT2D eigenvalue weighted by atomic mass is 9.54. The minimum atomic E-state index is -4.49. The van der Waals surface area contributed by atoms with Gasteiger partial charge in [-0.25, -0.2) is 0 Å². The molecule has 1 aliphatic rings. The molecule has 0 aliphatic heterocycles. The van der Waals surface area contributed by atoms with Gasteiger partial charge in [-0.2, -0.15) is 13.2 Å². The van der Waals surface area contributed by atoms with Gasteiger partial charge < -0.3 is 9.84 Å². The van der Waals surface area contributed by atoms with Gasteiger partial charge >= 0.3 is 18.1 Å². The van der Waals surface area contributed by atoms with Crippen molar-refractivity contribution in [2.24, 2.45) is 17.3 Å². The summed E-state index contributed by atoms with van der Waals surface area (Å²) in [7, 11) is 0. The van der Waals surface area contributed by atoms with Crippen molar-refractivity contribution in [2.75, 3.05) is 0 Å². The van der Waals surface area contributed by atoms with Gasteiger partial charge in [0.15, 0.2) is 0 Å². The van der Waals surface area contributed by atoms with Crippen molar-refractivity contribution in [3.05, 3.63) is 24.8 Å². The second-order valence-electron chi connectivity index (χ2n) is 6.85. The van der Waals surface area contributed by atoms with E-state index in [0.29, 0.717) is 0 Å². The normalized spacial score (nSPS) is 25.9. The lowest BCUT2D eigenvalue weighted by Crippen LogP contribution is -2.56. The van der Waals surface area contributed by atoms with E-state index in [4.69, 9.17) is 4.74 Å². The third kappa shape index (κ3) is 3.95. The Kier molecular flexibility index (Phi) is 5.04. The van der Waals surface area contributed by atoms with Crippen LogP contribution < -0.4 is 0 Å². The van der Waals surface area contributed by atoms with Gasteiger partial charge in [0.1, 0.15) is 5.60 Å². The first kappa shape index (κ1) is 19.3. The lowest BCUT2D eigenvalue weighted by Gasteiger charge is -2.49. The van der Waals surface area contributed by atoms with Gasteiger partial charge in [-0.05, 0) is 39.2 Å². The van der Waals surface area contributed by atoms with Crippen molar-refractivity contribution in [1.29, 1.82) is 0 Å². The monoisotopic (exact) mass is 334 g/mol. The Labute approximate surface area is 133 Å². The Morgan fingerprint density at radius 1 is 1.30 bits per heavy atom. The summed E-state index contributed by atoms with van der Waals surface area (Å²) < 4.78 is 43.5. The van der Waals surface area contributed by atoms with Crippen LogP contribution in [0.3, 0.4) is 0 Å². The Balaban J connectivity index is 3.18. The average molecular weight is 334 g/mol. The maximum absolute atomic E-state index is 12.8. The predicted octanol–water partition coefficient (Wildman–Crippen LogP) is 3.73. The zero-order valence-electron chi connectivity index (χ0n) is 13.4. The van der Waals surface area contributed by atoms with Gasteiger partial charge in [0.2, 0.25) is 0 Å². The van der Waals surface area contributed by atoms with E-state index in [0.717, 1.165) is 0 Å². The second kappa shape index (κ2) is 6.02. The summed E-state index contributed by atoms with van der Waals surface area (Å²) in [4.78, 5) is 24.0. The highest BCUT2D eigenvalue weighted by Crippen LogP contribution is 2.58. The zero-order valence-corrected chi connectivity index (χ0v) is 13.4. The second-order valence-corrected chi connectivity index (χ2v) is 6.85. The highest BCUT2D eigenvalue weighted by Gasteiger charge is 2.65. The molecule has 0 aromatic rings. The molecule has 1 fully saturated rings. The van der Waals surface area contributed by atoms with E-state index in [2.05, 4.69) is 13.2 Å². The molecular formula is C16H21F3O4. The molecule has 1 atom stereocenters. The van der Waals surface area contributed by atoms with Crippen molar-refractivity contribution in [1.82, 2.24) is 0 Å². The molecule has 4 nitrogen and oxygen atoms in total. The van der Waals surface area contributed by atoms with Crippen LogP contribution in [0.4, 0.5) is 13.2 Å². The molecule has 0 aromatic carbocycles. The third-order valence-corrected chi connectivity index (χ3v) is 3.94. The van der Waals surface area contributed by atoms with Gasteiger partial charge in [-0.3, -0.25) is 9.59 Å². The number of carbonyl (C=O) groups excluding carboxylic acids is 1. The zero-order chi connectivity index (χ0) is 18.2. The minimum Gasteiger partial charge on any atom is -0.481 e. The molecule has 0 heterocycles. The Morgan fingerprint density at radius 2 is 1.78 bits per heavy atom. The number of alkyl halides is 3. The summed E-state index contributed by atoms with van der Waals surface area (Å²) in [6.45, 7) is 11.8. The predicted molar refractivity (Wildman–Crippen MR) is 77.5 cm³/mol. The lowest BCUT2D eigenvalue weighted by molar-refractivity contribution is -0.234. The Hall–Kier alpha value is -1.79. The average Bonchev–Trinajstić information content (AvgIpc) is 2.27. The number of hydrogen-bond acceptors (Lipinski definition) is 3. The molecule has 0 bridgehead atoms. The number of allylic oxidation sites excluding steroid dienone is 1. The smallest absolute Gasteiger partial charge is 0.391 e. The van der Waals surface area contributed by atoms with Crippen LogP contribution in [-0.4, -0.2) is 28.8 Å². The highest BCUT2D eigenvalue weighted by molar-refractivity contribution is 5.88. The molecule has 130 valence electrons. The molecule has 7 heteroatoms. The molecule has 0 amide bonds. The largest absolute Gasteiger partial charge is 0.481 e. The van der Waals surface area contributed by atoms with E-state index >= 15 is 0 Å². The fraction of sp³-hybridized carbons (Fsp3) is 0.625. The van der Waals surface area contributed by atoms with E-state index in [9.17, 15) is 27.9 Å². The molecule has 1 saturated carbocycles. The van der Waals surface area contributed by atoms with E-state index in [-0.39, 0.29) is 5.57 Å². The highest BCUT2D eigenvalue weighted by atomic mass is 19.4. The van der Waals surface area contributed by atoms with Crippen molar-refractivity contribution in [2.45, 2.75) is 45.4 Å². The van der Waals surface area contributed by atoms with Crippen molar-refractivity contribution >= 4 is 11.9 Å². The third-order valence-electron chi connectivity index (χ3n) is 3.94. The number of hydrogen-bond donors (Lipinski definition) is 1. The maximum atomic E-state index is 12.8. The van der Waals surface area contributed by atoms with Crippen LogP contribution in [0.2, 0.25) is 0 Å². The Bertz CT molecular complexity index is 522. The molecule has 1 aliphatic carbocycles. The summed E-state index contributed by atoms with van der Waals surface area (Å²) in [6, 6.07) is 0. The topological polar surface area (TPSA) is 63.6 Å². The van der Waals surface area contributed by atoms with Gasteiger partial charge in [-0.1, -0.05) is 19.2 Å². The van der Waals surface area contributed by atoms with Crippen LogP contribution in [0, 0.1) is 17.3 Å². The molecule has 0 aromatic heterocycles. The molecule has 1 N–H and O–H groups in total. The van der Waals surface area contributed by atoms with Crippen molar-refractivity contribution in [3.63, 3.8) is 0 Å². The van der Waals surface area contributed by atoms with Gasteiger partial charge in [-0.15, -0.1) is 0 Å². The number of halogens is 3. The molecule has 23 heavy (non-hydrogen) atoms. The first-order valence-corrected chi connectivity index (χ1v) is 7.09. The van der Waals surface area contributed by atoms with Crippen LogP contribution in [0.1, 0.15) is 33.6 Å². The quantitative estimate of drug-likeness (QED) is 0.615. The summed E-state index contributed by atoms with van der Waals surface area (Å²) in [5.41, 5.74) is -2.72. The fourth-order valence-electron chi connectivity index (χ4n) is 2.80. The van der Waals surface area contributed by atoms with E-state index < -0.39 is 53.8 Å². The number of esters is 1. The first-order valence-electron chi connectivity index (χ1n) is 7.09. The Morgan fingerprint density at radius 3 is 2.09 bits per heavy atom. The standard InChI is InChI=1S/C16H21F3O4/c1-6-9(2)11(12(20)23-14(3,4)5)15(13(21)22)7-10(8-15)16(17,18)19/h6,10-11H,1-2,7-8H2,3-5H3,(H,21,22)/t10?,11-,15?/m1/s1. The fourth-order valence-corrected chi connectivity index (χ4v) is 2.80. The molecular weight excluding hydrogens is 313 g/mol. The number of aliphatic carboxylic acids is 1. The van der Waals surface area contributed by atoms with Crippen molar-refractivity contribution in [3.8, 4) is 0 Å². The summed E-state index contributed by atoms with van der Waals surface area (Å²) in [6.07, 6.45) is -4.67. The molecule has 0 radical (unpaired) electrons. The maximum Gasteiger partial charge on any atom is 0.391 e. The van der Waals surface area contributed by atoms with Gasteiger partial charge in [0.05, 0.1) is 17.3 Å². The molecule has 0 unspecified atom stereocenters. The van der Waals surface area contributed by atoms with E-state index in [1.165, 1.54) is 6.08 Å². The van der Waals surface area contributed by atoms with Crippen LogP contribution >= 0.6 is 0 Å². The minimum absolute atomic E-state index is 0.0438.